The first kappa shape index (κ1) is 10.2. The van der Waals surface area contributed by atoms with Crippen molar-refractivity contribution in [1.82, 2.24) is 4.98 Å². The minimum Gasteiger partial charge on any atom is -0.236 e. The van der Waals surface area contributed by atoms with Crippen LogP contribution in [0.15, 0.2) is 16.6 Å². The minimum absolute atomic E-state index is 0.308. The highest BCUT2D eigenvalue weighted by Gasteiger charge is 2.32. The maximum Gasteiger partial charge on any atom is 0.433 e. The van der Waals surface area contributed by atoms with E-state index in [0.29, 0.717) is 8.17 Å². The Morgan fingerprint density at radius 2 is 1.92 bits per heavy atom. The first-order chi connectivity index (χ1) is 5.41. The summed E-state index contributed by atoms with van der Waals surface area (Å²) >= 11 is 4.79. The van der Waals surface area contributed by atoms with Gasteiger partial charge in [-0.05, 0) is 50.7 Å². The lowest BCUT2D eigenvalue weighted by Crippen LogP contribution is -2.08. The largest absolute Gasteiger partial charge is 0.433 e. The number of halogens is 5. The van der Waals surface area contributed by atoms with Gasteiger partial charge >= 0.3 is 6.18 Å². The molecule has 0 amide bonds. The summed E-state index contributed by atoms with van der Waals surface area (Å²) < 4.78 is 36.9. The molecule has 1 aromatic rings. The summed E-state index contributed by atoms with van der Waals surface area (Å²) in [6.45, 7) is 0. The van der Waals surface area contributed by atoms with Gasteiger partial charge in [0.05, 0.1) is 0 Å². The SMILES string of the molecule is FC(F)(F)c1ccc(Br)c(I)n1. The molecule has 0 aliphatic rings. The van der Waals surface area contributed by atoms with Crippen LogP contribution >= 0.6 is 38.5 Å². The molecular weight excluding hydrogens is 350 g/mol. The van der Waals surface area contributed by atoms with E-state index >= 15 is 0 Å². The molecule has 0 fully saturated rings. The summed E-state index contributed by atoms with van der Waals surface area (Å²) in [7, 11) is 0. The topological polar surface area (TPSA) is 12.9 Å². The third kappa shape index (κ3) is 2.32. The van der Waals surface area contributed by atoms with Crippen LogP contribution in [-0.4, -0.2) is 4.98 Å². The van der Waals surface area contributed by atoms with Crippen LogP contribution in [0.2, 0.25) is 0 Å². The summed E-state index contributed by atoms with van der Waals surface area (Å²) in [6.07, 6.45) is -4.36. The Balaban J connectivity index is 3.14. The van der Waals surface area contributed by atoms with Gasteiger partial charge in [-0.3, -0.25) is 0 Å². The second-order valence-corrected chi connectivity index (χ2v) is 3.84. The predicted octanol–water partition coefficient (Wildman–Crippen LogP) is 3.47. The van der Waals surface area contributed by atoms with Crippen molar-refractivity contribution in [2.45, 2.75) is 6.18 Å². The molecular formula is C6H2BrF3IN. The van der Waals surface area contributed by atoms with Crippen molar-refractivity contribution in [3.8, 4) is 0 Å². The van der Waals surface area contributed by atoms with Crippen LogP contribution in [-0.2, 0) is 6.18 Å². The average Bonchev–Trinajstić information content (AvgIpc) is 1.92. The summed E-state index contributed by atoms with van der Waals surface area (Å²) in [4.78, 5) is 3.36. The van der Waals surface area contributed by atoms with Gasteiger partial charge in [-0.15, -0.1) is 0 Å². The van der Waals surface area contributed by atoms with Gasteiger partial charge < -0.3 is 0 Å². The van der Waals surface area contributed by atoms with E-state index in [-0.39, 0.29) is 0 Å². The third-order valence-corrected chi connectivity index (χ3v) is 3.30. The van der Waals surface area contributed by atoms with Crippen molar-refractivity contribution >= 4 is 38.5 Å². The van der Waals surface area contributed by atoms with Gasteiger partial charge in [0.15, 0.2) is 0 Å². The monoisotopic (exact) mass is 351 g/mol. The lowest BCUT2D eigenvalue weighted by Gasteiger charge is -2.05. The molecule has 12 heavy (non-hydrogen) atoms. The average molecular weight is 352 g/mol. The van der Waals surface area contributed by atoms with Crippen molar-refractivity contribution < 1.29 is 13.2 Å². The zero-order valence-electron chi connectivity index (χ0n) is 5.49. The van der Waals surface area contributed by atoms with Gasteiger partial charge in [-0.25, -0.2) is 4.98 Å². The molecule has 1 nitrogen and oxygen atoms in total. The quantitative estimate of drug-likeness (QED) is 0.515. The van der Waals surface area contributed by atoms with Gasteiger partial charge in [0.1, 0.15) is 9.39 Å². The van der Waals surface area contributed by atoms with Crippen LogP contribution in [0.5, 0.6) is 0 Å². The zero-order chi connectivity index (χ0) is 9.35. The Hall–Kier alpha value is 0.150. The second kappa shape index (κ2) is 3.49. The Morgan fingerprint density at radius 1 is 1.33 bits per heavy atom. The first-order valence-corrected chi connectivity index (χ1v) is 4.67. The molecule has 0 spiro atoms. The molecule has 6 heteroatoms. The third-order valence-electron chi connectivity index (χ3n) is 1.09. The highest BCUT2D eigenvalue weighted by molar-refractivity contribution is 14.1. The van der Waals surface area contributed by atoms with Crippen LogP contribution in [0.3, 0.4) is 0 Å². The van der Waals surface area contributed by atoms with Crippen molar-refractivity contribution in [1.29, 1.82) is 0 Å². The smallest absolute Gasteiger partial charge is 0.236 e. The van der Waals surface area contributed by atoms with Gasteiger partial charge in [-0.1, -0.05) is 0 Å². The predicted molar refractivity (Wildman–Crippen MR) is 49.7 cm³/mol. The van der Waals surface area contributed by atoms with E-state index in [0.717, 1.165) is 6.07 Å². The van der Waals surface area contributed by atoms with Crippen molar-refractivity contribution in [3.05, 3.63) is 26.0 Å². The molecule has 0 saturated heterocycles. The molecule has 0 radical (unpaired) electrons. The number of nitrogens with zero attached hydrogens (tertiary/aromatic N) is 1. The Labute approximate surface area is 88.6 Å². The molecule has 0 aromatic carbocycles. The maximum atomic E-state index is 12.0. The summed E-state index contributed by atoms with van der Waals surface area (Å²) in [5.41, 5.74) is -0.866. The van der Waals surface area contributed by atoms with Crippen molar-refractivity contribution in [2.75, 3.05) is 0 Å². The van der Waals surface area contributed by atoms with Crippen LogP contribution < -0.4 is 0 Å². The fourth-order valence-corrected chi connectivity index (χ4v) is 1.24. The van der Waals surface area contributed by atoms with Gasteiger partial charge in [-0.2, -0.15) is 13.2 Å². The molecule has 1 rings (SSSR count). The number of rotatable bonds is 0. The Morgan fingerprint density at radius 3 is 2.33 bits per heavy atom. The van der Waals surface area contributed by atoms with E-state index in [4.69, 9.17) is 0 Å². The van der Waals surface area contributed by atoms with E-state index < -0.39 is 11.9 Å². The first-order valence-electron chi connectivity index (χ1n) is 2.80. The standard InChI is InChI=1S/C6H2BrF3IN/c7-3-1-2-4(6(8,9)10)12-5(3)11/h1-2H. The molecule has 66 valence electrons. The van der Waals surface area contributed by atoms with Crippen LogP contribution in [0, 0.1) is 3.70 Å². The maximum absolute atomic E-state index is 12.0. The summed E-state index contributed by atoms with van der Waals surface area (Å²) in [6, 6.07) is 2.27. The molecule has 0 aliphatic heterocycles. The van der Waals surface area contributed by atoms with E-state index in [1.807, 2.05) is 0 Å². The summed E-state index contributed by atoms with van der Waals surface area (Å²) in [5, 5.41) is 0. The number of hydrogen-bond acceptors (Lipinski definition) is 1. The fraction of sp³-hybridized carbons (Fsp3) is 0.167. The van der Waals surface area contributed by atoms with E-state index in [1.54, 1.807) is 22.6 Å². The Kier molecular flexibility index (Phi) is 2.97. The van der Waals surface area contributed by atoms with Crippen LogP contribution in [0.4, 0.5) is 13.2 Å². The number of alkyl halides is 3. The van der Waals surface area contributed by atoms with Crippen molar-refractivity contribution in [2.24, 2.45) is 0 Å². The number of aromatic nitrogens is 1. The fourth-order valence-electron chi connectivity index (χ4n) is 0.575. The van der Waals surface area contributed by atoms with E-state index in [2.05, 4.69) is 20.9 Å². The van der Waals surface area contributed by atoms with E-state index in [1.165, 1.54) is 6.07 Å². The Bertz CT molecular complexity index is 299. The molecule has 1 aromatic heterocycles. The van der Waals surface area contributed by atoms with Gasteiger partial charge in [0.2, 0.25) is 0 Å². The second-order valence-electron chi connectivity index (χ2n) is 1.97. The zero-order valence-corrected chi connectivity index (χ0v) is 9.24. The molecule has 0 aliphatic carbocycles. The lowest BCUT2D eigenvalue weighted by atomic mass is 10.3. The molecule has 0 N–H and O–H groups in total. The van der Waals surface area contributed by atoms with Crippen LogP contribution in [0.25, 0.3) is 0 Å². The molecule has 0 atom stereocenters. The van der Waals surface area contributed by atoms with E-state index in [9.17, 15) is 13.2 Å². The lowest BCUT2D eigenvalue weighted by molar-refractivity contribution is -0.141. The normalized spacial score (nSPS) is 11.8. The molecule has 0 saturated carbocycles. The van der Waals surface area contributed by atoms with Crippen LogP contribution in [0.1, 0.15) is 5.69 Å². The van der Waals surface area contributed by atoms with Gasteiger partial charge in [0, 0.05) is 4.47 Å². The molecule has 0 bridgehead atoms. The number of hydrogen-bond donors (Lipinski definition) is 0. The summed E-state index contributed by atoms with van der Waals surface area (Å²) in [5.74, 6) is 0. The minimum atomic E-state index is -4.36. The van der Waals surface area contributed by atoms with Gasteiger partial charge in [0.25, 0.3) is 0 Å². The number of pyridine rings is 1. The highest BCUT2D eigenvalue weighted by Crippen LogP contribution is 2.29. The highest BCUT2D eigenvalue weighted by atomic mass is 127. The molecule has 1 heterocycles. The molecule has 0 unspecified atom stereocenters. The van der Waals surface area contributed by atoms with Crippen molar-refractivity contribution in [3.63, 3.8) is 0 Å².